The first-order valence-electron chi connectivity index (χ1n) is 46.1. The lowest BCUT2D eigenvalue weighted by molar-refractivity contribution is 0.0367. The number of benzene rings is 13. The average Bonchev–Trinajstić information content (AvgIpc) is 0.885. The topological polar surface area (TPSA) is 36.9 Å². The van der Waals surface area contributed by atoms with E-state index in [0.29, 0.717) is 33.8 Å². The summed E-state index contributed by atoms with van der Waals surface area (Å²) in [7, 11) is 0.274. The van der Waals surface area contributed by atoms with Crippen LogP contribution in [0.1, 0.15) is 174 Å². The third-order valence-corrected chi connectivity index (χ3v) is 38.2. The van der Waals surface area contributed by atoms with Gasteiger partial charge in [0.25, 0.3) is 0 Å². The number of fused-ring (bicyclic) bond motifs is 6. The van der Waals surface area contributed by atoms with Gasteiger partial charge in [-0.15, -0.1) is 0 Å². The van der Waals surface area contributed by atoms with Gasteiger partial charge in [0.15, 0.2) is 44.1 Å². The van der Waals surface area contributed by atoms with E-state index in [1.54, 1.807) is 9.79 Å². The molecule has 8 heteroatoms. The third kappa shape index (κ3) is 19.0. The van der Waals surface area contributed by atoms with Crippen molar-refractivity contribution in [1.29, 1.82) is 0 Å². The van der Waals surface area contributed by atoms with Crippen LogP contribution < -0.4 is 18.9 Å². The highest BCUT2D eigenvalue weighted by Gasteiger charge is 2.61. The molecule has 0 N–H and O–H groups in total. The summed E-state index contributed by atoms with van der Waals surface area (Å²) in [6.07, 6.45) is 36.3. The average molecular weight is 1660 g/mol. The maximum absolute atomic E-state index is 6.52. The maximum atomic E-state index is 6.52. The van der Waals surface area contributed by atoms with Gasteiger partial charge in [-0.3, -0.25) is 0 Å². The van der Waals surface area contributed by atoms with Crippen molar-refractivity contribution >= 4 is 86.7 Å². The zero-order valence-corrected chi connectivity index (χ0v) is 73.8. The lowest BCUT2D eigenvalue weighted by atomic mass is 9.56. The molecule has 1 heterocycles. The molecule has 614 valence electrons. The van der Waals surface area contributed by atoms with E-state index in [4.69, 9.17) is 18.9 Å². The second kappa shape index (κ2) is 38.5. The molecule has 9 aliphatic carbocycles. The molecule has 4 atom stereocenters. The van der Waals surface area contributed by atoms with Gasteiger partial charge in [0, 0.05) is 63.8 Å². The minimum absolute atomic E-state index is 0.160. The summed E-state index contributed by atoms with van der Waals surface area (Å²) in [4.78, 5) is 12.7. The molecule has 4 unspecified atom stereocenters. The molecule has 13 aromatic carbocycles. The van der Waals surface area contributed by atoms with Crippen molar-refractivity contribution in [3.8, 4) is 23.0 Å². The quantitative estimate of drug-likeness (QED) is 0.0713. The van der Waals surface area contributed by atoms with Gasteiger partial charge in [-0.25, -0.2) is 0 Å². The van der Waals surface area contributed by atoms with Crippen molar-refractivity contribution in [3.63, 3.8) is 0 Å². The van der Waals surface area contributed by atoms with E-state index in [2.05, 4.69) is 304 Å². The van der Waals surface area contributed by atoms with E-state index in [0.717, 1.165) is 77.6 Å². The van der Waals surface area contributed by atoms with E-state index in [-0.39, 0.29) is 32.7 Å². The minimum Gasteiger partial charge on any atom is -0.493 e. The number of hydrogen-bond acceptors (Lipinski definition) is 4. The SMILES string of the molecule is CC1CCC(Oc2ccc([S+](c3ccccc3)C34CC5CC(CC(C5)C3)C4)cc2)CC1.c1ccc([S+](c2ccccc2)c2ccc(OC3CCCCC3)c3ccccc23)cc1.c1ccc2c([S+]3CCCC3)ccc(OCC3CC4CCC3C4)c2c1.c1ccc2cc([S+](c3ccc(OCC4CCCCC4)cc3)c3ccc4ccccc4c3)ccc2c1. The first-order valence-corrected chi connectivity index (χ1v) is 51.4. The van der Waals surface area contributed by atoms with Gasteiger partial charge in [0.05, 0.1) is 58.1 Å². The predicted octanol–water partition coefficient (Wildman–Crippen LogP) is 29.8. The van der Waals surface area contributed by atoms with Crippen LogP contribution in [-0.2, 0) is 43.6 Å². The predicted molar refractivity (Wildman–Crippen MR) is 508 cm³/mol. The van der Waals surface area contributed by atoms with Crippen molar-refractivity contribution in [3.05, 3.63) is 297 Å². The molecule has 0 aromatic heterocycles. The summed E-state index contributed by atoms with van der Waals surface area (Å²) in [6, 6.07) is 109. The monoisotopic (exact) mass is 1660 g/mol. The molecular weight excluding hydrogens is 1540 g/mol. The van der Waals surface area contributed by atoms with Crippen LogP contribution in [0.5, 0.6) is 23.0 Å². The summed E-state index contributed by atoms with van der Waals surface area (Å²) in [5, 5.41) is 10.4. The van der Waals surface area contributed by atoms with Crippen LogP contribution in [0.2, 0.25) is 0 Å². The number of hydrogen-bond donors (Lipinski definition) is 0. The normalized spacial score (nSPS) is 23.6. The number of ether oxygens (including phenoxy) is 4. The Morgan fingerprint density at radius 2 is 0.808 bits per heavy atom. The Morgan fingerprint density at radius 1 is 0.325 bits per heavy atom. The molecule has 0 radical (unpaired) electrons. The Balaban J connectivity index is 0.000000107. The molecular formula is C112H122O4S4+4. The van der Waals surface area contributed by atoms with Crippen LogP contribution in [0.25, 0.3) is 43.1 Å². The minimum atomic E-state index is -0.199. The molecule has 9 saturated carbocycles. The van der Waals surface area contributed by atoms with Gasteiger partial charge in [0.2, 0.25) is 0 Å². The third-order valence-electron chi connectivity index (χ3n) is 28.3. The van der Waals surface area contributed by atoms with Crippen LogP contribution in [0.3, 0.4) is 0 Å². The summed E-state index contributed by atoms with van der Waals surface area (Å²) in [6.45, 7) is 4.15. The molecule has 0 spiro atoms. The molecule has 4 nitrogen and oxygen atoms in total. The summed E-state index contributed by atoms with van der Waals surface area (Å²) < 4.78 is 26.0. The van der Waals surface area contributed by atoms with Crippen LogP contribution in [0, 0.1) is 47.3 Å². The highest BCUT2D eigenvalue weighted by molar-refractivity contribution is 7.98. The molecule has 6 bridgehead atoms. The molecule has 10 aliphatic rings. The first kappa shape index (κ1) is 81.2. The van der Waals surface area contributed by atoms with E-state index < -0.39 is 0 Å². The van der Waals surface area contributed by atoms with Gasteiger partial charge in [-0.2, -0.15) is 0 Å². The van der Waals surface area contributed by atoms with Crippen molar-refractivity contribution in [2.45, 2.75) is 235 Å². The van der Waals surface area contributed by atoms with Gasteiger partial charge in [-0.05, 0) is 330 Å². The van der Waals surface area contributed by atoms with Crippen LogP contribution in [0.15, 0.2) is 341 Å². The Kier molecular flexibility index (Phi) is 26.0. The Labute approximate surface area is 727 Å². The summed E-state index contributed by atoms with van der Waals surface area (Å²) in [5.74, 6) is 14.3. The fraction of sp³-hybridized carbons (Fsp3) is 0.375. The zero-order valence-electron chi connectivity index (χ0n) is 70.5. The Morgan fingerprint density at radius 3 is 1.39 bits per heavy atom. The molecule has 13 aromatic rings. The van der Waals surface area contributed by atoms with Crippen LogP contribution in [-0.4, -0.2) is 41.7 Å². The second-order valence-corrected chi connectivity index (χ2v) is 45.4. The lowest BCUT2D eigenvalue weighted by Crippen LogP contribution is -2.54. The van der Waals surface area contributed by atoms with E-state index in [9.17, 15) is 0 Å². The molecule has 120 heavy (non-hydrogen) atoms. The maximum Gasteiger partial charge on any atom is 0.174 e. The van der Waals surface area contributed by atoms with Crippen LogP contribution >= 0.6 is 0 Å². The van der Waals surface area contributed by atoms with Crippen molar-refractivity contribution < 1.29 is 18.9 Å². The second-order valence-electron chi connectivity index (χ2n) is 36.7. The standard InChI is InChI=1S/C33H31OS.C29H37OS.C28H27OS.C22H27OS/c1-2-8-25(9-3-1)24-34-30-16-20-31(21-17-30)35(32-18-14-26-10-4-6-12-28(26)22-32)33-19-15-27-11-5-7-13-29(27)23-33;1-21-7-9-25(10-8-21)30-26-11-13-28(14-12-26)31(27-5-3-2-4-6-27)29-18-22-15-23(19-29)17-24(16-22)20-29;1-4-12-22(13-5-1)29-27-20-21-28(26-19-11-10-18-25(26)27)30(23-14-6-2-7-15-23)24-16-8-3-9-17-24;1-2-6-20-19(5-1)21(9-10-22(20)24-11-3-4-12-24)23-15-18-14-16-7-8-17(18)13-16/h4-7,10-23,25H,1-3,8-9,24H2;2-6,11-14,21-25H,7-10,15-20H2,1H3;2-3,6-11,14-22H,1,4-5,12-13H2;1-2,5-6,9-10,16-18H,3-4,7-8,11-15H2/q4*+1. The summed E-state index contributed by atoms with van der Waals surface area (Å²) >= 11 is 0. The van der Waals surface area contributed by atoms with E-state index >= 15 is 0 Å². The fourth-order valence-corrected chi connectivity index (χ4v) is 32.7. The van der Waals surface area contributed by atoms with Gasteiger partial charge in [0.1, 0.15) is 39.3 Å². The highest BCUT2D eigenvalue weighted by atomic mass is 32.2. The van der Waals surface area contributed by atoms with Gasteiger partial charge < -0.3 is 18.9 Å². The van der Waals surface area contributed by atoms with E-state index in [1.807, 2.05) is 0 Å². The summed E-state index contributed by atoms with van der Waals surface area (Å²) in [5.41, 5.74) is 0. The lowest BCUT2D eigenvalue weighted by Gasteiger charge is -2.54. The zero-order chi connectivity index (χ0) is 80.4. The number of rotatable bonds is 20. The van der Waals surface area contributed by atoms with Gasteiger partial charge >= 0.3 is 0 Å². The van der Waals surface area contributed by atoms with Crippen molar-refractivity contribution in [2.24, 2.45) is 47.3 Å². The molecule has 1 saturated heterocycles. The van der Waals surface area contributed by atoms with Crippen LogP contribution in [0.4, 0.5) is 0 Å². The molecule has 23 rings (SSSR count). The van der Waals surface area contributed by atoms with E-state index in [1.165, 1.54) is 256 Å². The van der Waals surface area contributed by atoms with Crippen molar-refractivity contribution in [1.82, 2.24) is 0 Å². The molecule has 10 fully saturated rings. The fourth-order valence-electron chi connectivity index (χ4n) is 22.6. The van der Waals surface area contributed by atoms with Crippen molar-refractivity contribution in [2.75, 3.05) is 24.7 Å². The smallest absolute Gasteiger partial charge is 0.174 e. The van der Waals surface area contributed by atoms with Gasteiger partial charge in [-0.1, -0.05) is 179 Å². The molecule has 0 amide bonds. The highest BCUT2D eigenvalue weighted by Crippen LogP contribution is 2.62. The largest absolute Gasteiger partial charge is 0.493 e. The molecule has 1 aliphatic heterocycles. The first-order chi connectivity index (χ1) is 59.3. The Hall–Kier alpha value is -8.50. The Bertz CT molecular complexity index is 5340.